The summed E-state index contributed by atoms with van der Waals surface area (Å²) in [5.41, 5.74) is 5.40. The number of H-pyrrole nitrogens is 1. The van der Waals surface area contributed by atoms with Gasteiger partial charge in [-0.3, -0.25) is 20.4 Å². The number of hydrogen-bond acceptors (Lipinski definition) is 3. The third-order valence-electron chi connectivity index (χ3n) is 3.10. The third kappa shape index (κ3) is 3.29. The number of benzene rings is 1. The molecule has 3 N–H and O–H groups in total. The Balaban J connectivity index is 1.67. The Bertz CT molecular complexity index is 843. The van der Waals surface area contributed by atoms with Crippen molar-refractivity contribution in [2.75, 3.05) is 0 Å². The van der Waals surface area contributed by atoms with Gasteiger partial charge in [0, 0.05) is 16.6 Å². The van der Waals surface area contributed by atoms with Crippen LogP contribution in [-0.2, 0) is 0 Å². The summed E-state index contributed by atoms with van der Waals surface area (Å²) in [6.45, 7) is 0. The number of nitrogens with one attached hydrogen (secondary N) is 3. The molecule has 0 aliphatic carbocycles. The highest BCUT2D eigenvalue weighted by molar-refractivity contribution is 7.17. The number of carbonyl (C=O) groups excluding carboxylic acids is 2. The fraction of sp³-hybridized carbons (Fsp3) is 0. The van der Waals surface area contributed by atoms with Gasteiger partial charge in [-0.2, -0.15) is 0 Å². The second kappa shape index (κ2) is 6.45. The van der Waals surface area contributed by atoms with Crippen molar-refractivity contribution in [2.24, 2.45) is 0 Å². The SMILES string of the molecule is O=C(NNC(=O)c1ccc(-c2ccccc2F)s1)c1ccc[nH]1. The highest BCUT2D eigenvalue weighted by atomic mass is 32.1. The number of rotatable bonds is 3. The van der Waals surface area contributed by atoms with E-state index in [1.165, 1.54) is 6.07 Å². The van der Waals surface area contributed by atoms with Gasteiger partial charge < -0.3 is 4.98 Å². The standard InChI is InChI=1S/C16H12FN3O2S/c17-11-5-2-1-4-10(11)13-7-8-14(23-13)16(22)20-19-15(21)12-6-3-9-18-12/h1-9,18H,(H,19,21)(H,20,22). The van der Waals surface area contributed by atoms with Crippen molar-refractivity contribution < 1.29 is 14.0 Å². The maximum atomic E-state index is 13.7. The molecule has 5 nitrogen and oxygen atoms in total. The van der Waals surface area contributed by atoms with Gasteiger partial charge >= 0.3 is 0 Å². The van der Waals surface area contributed by atoms with E-state index >= 15 is 0 Å². The smallest absolute Gasteiger partial charge is 0.286 e. The van der Waals surface area contributed by atoms with Gasteiger partial charge in [0.2, 0.25) is 0 Å². The first kappa shape index (κ1) is 15.0. The molecule has 0 atom stereocenters. The Labute approximate surface area is 135 Å². The largest absolute Gasteiger partial charge is 0.357 e. The van der Waals surface area contributed by atoms with Crippen LogP contribution in [0.5, 0.6) is 0 Å². The molecule has 2 amide bonds. The molecule has 0 aliphatic heterocycles. The van der Waals surface area contributed by atoms with Crippen LogP contribution in [0.3, 0.4) is 0 Å². The van der Waals surface area contributed by atoms with Gasteiger partial charge in [-0.25, -0.2) is 4.39 Å². The van der Waals surface area contributed by atoms with Crippen molar-refractivity contribution in [3.8, 4) is 10.4 Å². The molecule has 0 unspecified atom stereocenters. The van der Waals surface area contributed by atoms with Crippen molar-refractivity contribution >= 4 is 23.2 Å². The van der Waals surface area contributed by atoms with Crippen molar-refractivity contribution in [2.45, 2.75) is 0 Å². The predicted molar refractivity (Wildman–Crippen MR) is 85.4 cm³/mol. The number of halogens is 1. The van der Waals surface area contributed by atoms with E-state index < -0.39 is 11.8 Å². The molecular formula is C16H12FN3O2S. The average molecular weight is 329 g/mol. The molecule has 0 spiro atoms. The number of carbonyl (C=O) groups is 2. The molecule has 0 bridgehead atoms. The lowest BCUT2D eigenvalue weighted by molar-refractivity contribution is 0.0846. The van der Waals surface area contributed by atoms with Gasteiger partial charge in [0.25, 0.3) is 11.8 Å². The molecule has 0 radical (unpaired) electrons. The van der Waals surface area contributed by atoms with Gasteiger partial charge in [0.1, 0.15) is 11.5 Å². The molecule has 7 heteroatoms. The van der Waals surface area contributed by atoms with E-state index in [0.717, 1.165) is 11.3 Å². The quantitative estimate of drug-likeness (QED) is 0.646. The lowest BCUT2D eigenvalue weighted by Gasteiger charge is -2.04. The van der Waals surface area contributed by atoms with E-state index in [9.17, 15) is 14.0 Å². The summed E-state index contributed by atoms with van der Waals surface area (Å²) in [7, 11) is 0. The van der Waals surface area contributed by atoms with Crippen LogP contribution in [-0.4, -0.2) is 16.8 Å². The Morgan fingerprint density at radius 2 is 1.74 bits per heavy atom. The Morgan fingerprint density at radius 1 is 0.957 bits per heavy atom. The highest BCUT2D eigenvalue weighted by Crippen LogP contribution is 2.29. The molecule has 2 aromatic heterocycles. The molecule has 3 aromatic rings. The van der Waals surface area contributed by atoms with E-state index in [0.29, 0.717) is 21.0 Å². The number of hydrazine groups is 1. The summed E-state index contributed by atoms with van der Waals surface area (Å²) in [6.07, 6.45) is 1.61. The fourth-order valence-corrected chi connectivity index (χ4v) is 2.91. The fourth-order valence-electron chi connectivity index (χ4n) is 1.98. The van der Waals surface area contributed by atoms with Crippen LogP contribution in [0, 0.1) is 5.82 Å². The first-order valence-electron chi connectivity index (χ1n) is 6.74. The molecule has 3 rings (SSSR count). The summed E-state index contributed by atoms with van der Waals surface area (Å²) in [6, 6.07) is 12.9. The zero-order valence-corrected chi connectivity index (χ0v) is 12.6. The molecule has 0 saturated heterocycles. The number of hydrogen-bond donors (Lipinski definition) is 3. The maximum absolute atomic E-state index is 13.7. The van der Waals surface area contributed by atoms with E-state index in [-0.39, 0.29) is 5.82 Å². The third-order valence-corrected chi connectivity index (χ3v) is 4.22. The van der Waals surface area contributed by atoms with Crippen molar-refractivity contribution in [1.82, 2.24) is 15.8 Å². The first-order valence-corrected chi connectivity index (χ1v) is 7.55. The number of amides is 2. The zero-order valence-electron chi connectivity index (χ0n) is 11.8. The Hall–Kier alpha value is -2.93. The summed E-state index contributed by atoms with van der Waals surface area (Å²) >= 11 is 1.15. The van der Waals surface area contributed by atoms with E-state index in [1.54, 1.807) is 48.7 Å². The minimum Gasteiger partial charge on any atom is -0.357 e. The van der Waals surface area contributed by atoms with Crippen LogP contribution >= 0.6 is 11.3 Å². The topological polar surface area (TPSA) is 74.0 Å². The van der Waals surface area contributed by atoms with Gasteiger partial charge in [0.05, 0.1) is 4.88 Å². The summed E-state index contributed by atoms with van der Waals surface area (Å²) in [5.74, 6) is -1.26. The number of aromatic nitrogens is 1. The first-order chi connectivity index (χ1) is 11.1. The molecule has 23 heavy (non-hydrogen) atoms. The molecule has 0 saturated carbocycles. The monoisotopic (exact) mass is 329 g/mol. The number of aromatic amines is 1. The average Bonchev–Trinajstić information content (AvgIpc) is 3.24. The van der Waals surface area contributed by atoms with E-state index in [2.05, 4.69) is 15.8 Å². The highest BCUT2D eigenvalue weighted by Gasteiger charge is 2.13. The summed E-state index contributed by atoms with van der Waals surface area (Å²) in [5, 5.41) is 0. The van der Waals surface area contributed by atoms with Gasteiger partial charge in [-0.1, -0.05) is 18.2 Å². The van der Waals surface area contributed by atoms with Crippen LogP contribution in [0.2, 0.25) is 0 Å². The molecule has 116 valence electrons. The van der Waals surface area contributed by atoms with Gasteiger partial charge in [-0.15, -0.1) is 11.3 Å². The lowest BCUT2D eigenvalue weighted by atomic mass is 10.2. The van der Waals surface area contributed by atoms with Crippen LogP contribution < -0.4 is 10.9 Å². The summed E-state index contributed by atoms with van der Waals surface area (Å²) < 4.78 is 13.7. The number of thiophene rings is 1. The maximum Gasteiger partial charge on any atom is 0.286 e. The molecular weight excluding hydrogens is 317 g/mol. The lowest BCUT2D eigenvalue weighted by Crippen LogP contribution is -2.41. The Kier molecular flexibility index (Phi) is 4.20. The van der Waals surface area contributed by atoms with Crippen LogP contribution in [0.4, 0.5) is 4.39 Å². The van der Waals surface area contributed by atoms with Crippen LogP contribution in [0.25, 0.3) is 10.4 Å². The van der Waals surface area contributed by atoms with Crippen LogP contribution in [0.15, 0.2) is 54.7 Å². The summed E-state index contributed by atoms with van der Waals surface area (Å²) in [4.78, 5) is 27.5. The van der Waals surface area contributed by atoms with E-state index in [1.807, 2.05) is 0 Å². The van der Waals surface area contributed by atoms with Crippen LogP contribution in [0.1, 0.15) is 20.2 Å². The normalized spacial score (nSPS) is 10.3. The van der Waals surface area contributed by atoms with Crippen molar-refractivity contribution in [3.63, 3.8) is 0 Å². The van der Waals surface area contributed by atoms with E-state index in [4.69, 9.17) is 0 Å². The van der Waals surface area contributed by atoms with Crippen molar-refractivity contribution in [3.05, 3.63) is 71.1 Å². The minimum atomic E-state index is -0.461. The molecule has 0 aliphatic rings. The zero-order chi connectivity index (χ0) is 16.2. The van der Waals surface area contributed by atoms with Gasteiger partial charge in [-0.05, 0) is 30.3 Å². The molecule has 1 aromatic carbocycles. The van der Waals surface area contributed by atoms with Crippen molar-refractivity contribution in [1.29, 1.82) is 0 Å². The molecule has 2 heterocycles. The van der Waals surface area contributed by atoms with Gasteiger partial charge in [0.15, 0.2) is 0 Å². The second-order valence-corrected chi connectivity index (χ2v) is 5.72. The Morgan fingerprint density at radius 3 is 2.48 bits per heavy atom. The second-order valence-electron chi connectivity index (χ2n) is 4.64. The molecule has 0 fully saturated rings. The predicted octanol–water partition coefficient (Wildman–Crippen LogP) is 2.96. The minimum absolute atomic E-state index is 0.337.